The van der Waals surface area contributed by atoms with Crippen molar-refractivity contribution in [3.05, 3.63) is 12.2 Å². The largest absolute Gasteiger partial charge is 0.462 e. The third-order valence-corrected chi connectivity index (χ3v) is 9.70. The van der Waals surface area contributed by atoms with Gasteiger partial charge in [0.1, 0.15) is 5.78 Å². The highest BCUT2D eigenvalue weighted by Crippen LogP contribution is 2.64. The molecule has 0 radical (unpaired) electrons. The molecular formula is C17H27NO7S2. The van der Waals surface area contributed by atoms with E-state index < -0.39 is 48.4 Å². The summed E-state index contributed by atoms with van der Waals surface area (Å²) < 4.78 is 55.8. The van der Waals surface area contributed by atoms with E-state index in [1.54, 1.807) is 4.13 Å². The predicted octanol–water partition coefficient (Wildman–Crippen LogP) is 1.14. The van der Waals surface area contributed by atoms with Crippen LogP contribution in [0.15, 0.2) is 12.2 Å². The van der Waals surface area contributed by atoms with Crippen molar-refractivity contribution in [1.82, 2.24) is 4.13 Å². The van der Waals surface area contributed by atoms with Gasteiger partial charge in [-0.15, -0.1) is 4.13 Å². The molecule has 0 heterocycles. The Kier molecular flexibility index (Phi) is 5.95. The average molecular weight is 422 g/mol. The molecule has 2 fully saturated rings. The van der Waals surface area contributed by atoms with Crippen LogP contribution in [0.3, 0.4) is 0 Å². The van der Waals surface area contributed by atoms with Gasteiger partial charge in [0.25, 0.3) is 0 Å². The molecule has 0 amide bonds. The molecule has 0 aromatic rings. The lowest BCUT2D eigenvalue weighted by atomic mass is 9.70. The number of hydrogen-bond acceptors (Lipinski definition) is 7. The standard InChI is InChI=1S/C17H27NO7S2/c1-12(2)15(20)25-8-5-9-26(21,22)18-27(23,24)11-17-7-6-13(10-14(17)19)16(17,3)4/h13,18H,1,5-11H2,2-4H3. The highest BCUT2D eigenvalue weighted by atomic mass is 32.3. The minimum absolute atomic E-state index is 0.0541. The van der Waals surface area contributed by atoms with E-state index in [-0.39, 0.29) is 30.3 Å². The molecule has 8 nitrogen and oxygen atoms in total. The highest BCUT2D eigenvalue weighted by Gasteiger charge is 2.65. The zero-order valence-corrected chi connectivity index (χ0v) is 17.5. The maximum absolute atomic E-state index is 12.5. The molecule has 2 aliphatic carbocycles. The van der Waals surface area contributed by atoms with E-state index in [1.807, 2.05) is 13.8 Å². The van der Waals surface area contributed by atoms with Gasteiger partial charge in [-0.05, 0) is 37.5 Å². The van der Waals surface area contributed by atoms with Gasteiger partial charge in [-0.1, -0.05) is 20.4 Å². The van der Waals surface area contributed by atoms with E-state index >= 15 is 0 Å². The Labute approximate surface area is 160 Å². The first kappa shape index (κ1) is 22.0. The average Bonchev–Trinajstić information content (AvgIpc) is 2.83. The summed E-state index contributed by atoms with van der Waals surface area (Å²) in [4.78, 5) is 23.7. The normalized spacial score (nSPS) is 26.9. The predicted molar refractivity (Wildman–Crippen MR) is 99.7 cm³/mol. The summed E-state index contributed by atoms with van der Waals surface area (Å²) in [6.07, 6.45) is 1.53. The summed E-state index contributed by atoms with van der Waals surface area (Å²) in [5.41, 5.74) is -1.31. The van der Waals surface area contributed by atoms with Crippen molar-refractivity contribution in [2.45, 2.75) is 46.5 Å². The van der Waals surface area contributed by atoms with Gasteiger partial charge in [-0.3, -0.25) is 4.79 Å². The molecule has 2 rings (SSSR count). The molecule has 0 spiro atoms. The topological polar surface area (TPSA) is 124 Å². The number of ketones is 1. The van der Waals surface area contributed by atoms with Crippen molar-refractivity contribution in [3.63, 3.8) is 0 Å². The molecule has 10 heteroatoms. The van der Waals surface area contributed by atoms with Gasteiger partial charge in [-0.2, -0.15) is 0 Å². The molecule has 1 N–H and O–H groups in total. The molecule has 0 aromatic carbocycles. The second kappa shape index (κ2) is 7.29. The van der Waals surface area contributed by atoms with Gasteiger partial charge in [0.2, 0.25) is 20.0 Å². The summed E-state index contributed by atoms with van der Waals surface area (Å²) in [7, 11) is -8.36. The van der Waals surface area contributed by atoms with Crippen LogP contribution in [0.4, 0.5) is 0 Å². The van der Waals surface area contributed by atoms with Crippen LogP contribution in [0.25, 0.3) is 0 Å². The first-order valence-electron chi connectivity index (χ1n) is 8.82. The number of esters is 1. The number of fused-ring (bicyclic) bond motifs is 2. The minimum atomic E-state index is -4.22. The third-order valence-electron chi connectivity index (χ3n) is 5.97. The zero-order chi connectivity index (χ0) is 20.7. The number of sulfonamides is 2. The number of ether oxygens (including phenoxy) is 1. The smallest absolute Gasteiger partial charge is 0.333 e. The molecule has 2 bridgehead atoms. The van der Waals surface area contributed by atoms with Crippen molar-refractivity contribution in [2.24, 2.45) is 16.7 Å². The fourth-order valence-electron chi connectivity index (χ4n) is 4.23. The lowest BCUT2D eigenvalue weighted by Gasteiger charge is -2.36. The molecule has 0 aromatic heterocycles. The van der Waals surface area contributed by atoms with Gasteiger partial charge in [0, 0.05) is 17.4 Å². The quantitative estimate of drug-likeness (QED) is 0.336. The monoisotopic (exact) mass is 421 g/mol. The maximum atomic E-state index is 12.5. The number of hydrogen-bond donors (Lipinski definition) is 1. The van der Waals surface area contributed by atoms with Crippen molar-refractivity contribution in [1.29, 1.82) is 0 Å². The first-order valence-corrected chi connectivity index (χ1v) is 12.1. The van der Waals surface area contributed by atoms with Gasteiger partial charge >= 0.3 is 5.97 Å². The number of Topliss-reactive ketones (excluding diaryl/α,β-unsaturated/α-hetero) is 1. The Morgan fingerprint density at radius 2 is 1.89 bits per heavy atom. The van der Waals surface area contributed by atoms with Crippen LogP contribution >= 0.6 is 0 Å². The summed E-state index contributed by atoms with van der Waals surface area (Å²) in [6, 6.07) is 0. The number of rotatable bonds is 9. The lowest BCUT2D eigenvalue weighted by molar-refractivity contribution is -0.138. The molecular weight excluding hydrogens is 394 g/mol. The lowest BCUT2D eigenvalue weighted by Crippen LogP contribution is -2.46. The van der Waals surface area contributed by atoms with E-state index in [2.05, 4.69) is 6.58 Å². The Balaban J connectivity index is 1.98. The van der Waals surface area contributed by atoms with Gasteiger partial charge in [0.05, 0.1) is 18.1 Å². The van der Waals surface area contributed by atoms with Crippen LogP contribution in [-0.4, -0.2) is 46.7 Å². The fourth-order valence-corrected chi connectivity index (χ4v) is 8.17. The van der Waals surface area contributed by atoms with E-state index in [0.717, 1.165) is 6.42 Å². The van der Waals surface area contributed by atoms with Crippen molar-refractivity contribution in [2.75, 3.05) is 18.1 Å². The Morgan fingerprint density at radius 3 is 2.37 bits per heavy atom. The molecule has 2 atom stereocenters. The van der Waals surface area contributed by atoms with Gasteiger partial charge in [0.15, 0.2) is 0 Å². The van der Waals surface area contributed by atoms with Crippen LogP contribution in [0, 0.1) is 16.7 Å². The second-order valence-corrected chi connectivity index (χ2v) is 11.9. The summed E-state index contributed by atoms with van der Waals surface area (Å²) in [6.45, 7) is 8.47. The first-order chi connectivity index (χ1) is 12.2. The molecule has 2 unspecified atom stereocenters. The highest BCUT2D eigenvalue weighted by molar-refractivity contribution is 8.04. The molecule has 2 saturated carbocycles. The van der Waals surface area contributed by atoms with Crippen LogP contribution in [-0.2, 0) is 34.4 Å². The number of nitrogens with one attached hydrogen (secondary N) is 1. The van der Waals surface area contributed by atoms with E-state index in [4.69, 9.17) is 4.74 Å². The zero-order valence-electron chi connectivity index (χ0n) is 15.9. The number of carbonyl (C=O) groups excluding carboxylic acids is 2. The third kappa shape index (κ3) is 4.43. The molecule has 2 aliphatic rings. The van der Waals surface area contributed by atoms with Crippen molar-refractivity contribution < 1.29 is 31.2 Å². The summed E-state index contributed by atoms with van der Waals surface area (Å²) >= 11 is 0. The van der Waals surface area contributed by atoms with Gasteiger partial charge in [-0.25, -0.2) is 21.6 Å². The van der Waals surface area contributed by atoms with Crippen LogP contribution in [0.5, 0.6) is 0 Å². The van der Waals surface area contributed by atoms with Crippen LogP contribution in [0.1, 0.15) is 46.5 Å². The minimum Gasteiger partial charge on any atom is -0.462 e. The Morgan fingerprint density at radius 1 is 1.26 bits per heavy atom. The molecule has 0 saturated heterocycles. The van der Waals surface area contributed by atoms with E-state index in [1.165, 1.54) is 6.92 Å². The van der Waals surface area contributed by atoms with Crippen LogP contribution < -0.4 is 4.13 Å². The maximum Gasteiger partial charge on any atom is 0.333 e. The Hall–Kier alpha value is -1.26. The summed E-state index contributed by atoms with van der Waals surface area (Å²) in [5.74, 6) is -1.63. The molecule has 27 heavy (non-hydrogen) atoms. The number of carbonyl (C=O) groups is 2. The SMILES string of the molecule is C=C(C)C(=O)OCCCS(=O)(=O)NS(=O)(=O)CC12CCC(CC1=O)C2(C)C. The summed E-state index contributed by atoms with van der Waals surface area (Å²) in [5, 5.41) is 0. The van der Waals surface area contributed by atoms with Gasteiger partial charge < -0.3 is 4.74 Å². The van der Waals surface area contributed by atoms with Crippen molar-refractivity contribution in [3.8, 4) is 0 Å². The van der Waals surface area contributed by atoms with Crippen LogP contribution in [0.2, 0.25) is 0 Å². The van der Waals surface area contributed by atoms with E-state index in [9.17, 15) is 26.4 Å². The fraction of sp³-hybridized carbons (Fsp3) is 0.765. The van der Waals surface area contributed by atoms with Crippen molar-refractivity contribution >= 4 is 31.8 Å². The van der Waals surface area contributed by atoms with E-state index in [0.29, 0.717) is 12.8 Å². The molecule has 0 aliphatic heterocycles. The Bertz CT molecular complexity index is 858. The second-order valence-electron chi connectivity index (χ2n) is 8.10. The molecule has 154 valence electrons.